The Kier molecular flexibility index (Phi) is 7.20. The van der Waals surface area contributed by atoms with E-state index in [1.54, 1.807) is 0 Å². The Balaban J connectivity index is 1.40. The smallest absolute Gasteiger partial charge is 0.305 e. The van der Waals surface area contributed by atoms with Crippen molar-refractivity contribution in [3.8, 4) is 0 Å². The van der Waals surface area contributed by atoms with E-state index in [1.807, 2.05) is 0 Å². The number of carbonyl (C=O) groups excluding carboxylic acids is 2. The van der Waals surface area contributed by atoms with Crippen LogP contribution >= 0.6 is 0 Å². The highest BCUT2D eigenvalue weighted by atomic mass is 16.5. The molecule has 5 rings (SSSR count). The summed E-state index contributed by atoms with van der Waals surface area (Å²) in [6.07, 6.45) is 17.3. The van der Waals surface area contributed by atoms with Crippen LogP contribution in [0.15, 0.2) is 23.4 Å². The maximum atomic E-state index is 13.8. The third-order valence-electron chi connectivity index (χ3n) is 12.1. The first-order valence-corrected chi connectivity index (χ1v) is 15.3. The van der Waals surface area contributed by atoms with Crippen molar-refractivity contribution in [2.75, 3.05) is 20.2 Å². The molecule has 0 spiro atoms. The molecule has 5 aliphatic rings. The molecule has 0 aromatic carbocycles. The maximum absolute atomic E-state index is 13.8. The molecular weight excluding hydrogens is 458 g/mol. The largest absolute Gasteiger partial charge is 0.469 e. The van der Waals surface area contributed by atoms with Crippen molar-refractivity contribution in [1.82, 2.24) is 4.90 Å². The van der Waals surface area contributed by atoms with Gasteiger partial charge in [0.25, 0.3) is 0 Å². The Bertz CT molecular complexity index is 972. The second-order valence-electron chi connectivity index (χ2n) is 14.4. The number of hydrogen-bond donors (Lipinski definition) is 0. The number of Topliss-reactive ketones (excluding diaryl/α,β-unsaturated/α-hetero) is 1. The Morgan fingerprint density at radius 2 is 1.84 bits per heavy atom. The standard InChI is InChI=1S/C33H51NO3/c1-22(10-15-29(35)37-6)25-12-13-26-24-11-14-28-31(2,3)30(36)23(21-34-18-8-7-9-19-34)20-33(28,5)27(24)16-17-32(25,26)4/h14,21-22,24-27H,7-13,15-20H2,1-6H3/b23-21+/t22-,24+,25-,26+,27+,32-,33-/m1/s1. The number of rotatable bonds is 5. The quantitative estimate of drug-likeness (QED) is 0.221. The molecular formula is C33H51NO3. The minimum Gasteiger partial charge on any atom is -0.469 e. The molecule has 7 atom stereocenters. The molecule has 0 amide bonds. The molecule has 4 fully saturated rings. The number of nitrogens with zero attached hydrogens (tertiary/aromatic N) is 1. The first kappa shape index (κ1) is 27.0. The fraction of sp³-hybridized carbons (Fsp3) is 0.818. The number of allylic oxidation sites excluding steroid dienone is 3. The highest BCUT2D eigenvalue weighted by molar-refractivity contribution is 6.03. The van der Waals surface area contributed by atoms with Crippen LogP contribution in [0.2, 0.25) is 0 Å². The van der Waals surface area contributed by atoms with Gasteiger partial charge in [-0.3, -0.25) is 9.59 Å². The van der Waals surface area contributed by atoms with Crippen molar-refractivity contribution >= 4 is 11.8 Å². The van der Waals surface area contributed by atoms with Gasteiger partial charge < -0.3 is 9.64 Å². The van der Waals surface area contributed by atoms with E-state index in [-0.39, 0.29) is 11.4 Å². The minimum atomic E-state index is -0.402. The normalized spacial score (nSPS) is 40.9. The van der Waals surface area contributed by atoms with Gasteiger partial charge in [-0.25, -0.2) is 0 Å². The predicted octanol–water partition coefficient (Wildman–Crippen LogP) is 7.34. The fourth-order valence-corrected chi connectivity index (χ4v) is 10.3. The SMILES string of the molecule is COC(=O)CC[C@@H](C)[C@H]1CC[C@H]2[C@@H]3CC=C4C(C)(C)C(=O)/C(=C/N5CCCCC5)C[C@]4(C)[C@H]3CC[C@]12C. The first-order chi connectivity index (χ1) is 17.5. The highest BCUT2D eigenvalue weighted by Crippen LogP contribution is 2.69. The maximum Gasteiger partial charge on any atom is 0.305 e. The third-order valence-corrected chi connectivity index (χ3v) is 12.1. The van der Waals surface area contributed by atoms with Gasteiger partial charge in [-0.15, -0.1) is 0 Å². The third kappa shape index (κ3) is 4.42. The van der Waals surface area contributed by atoms with E-state index < -0.39 is 5.41 Å². The molecule has 0 radical (unpaired) electrons. The monoisotopic (exact) mass is 509 g/mol. The Hall–Kier alpha value is -1.58. The average molecular weight is 510 g/mol. The molecule has 206 valence electrons. The van der Waals surface area contributed by atoms with Crippen molar-refractivity contribution in [3.05, 3.63) is 23.4 Å². The summed E-state index contributed by atoms with van der Waals surface area (Å²) in [5, 5.41) is 0. The van der Waals surface area contributed by atoms with Gasteiger partial charge in [-0.2, -0.15) is 0 Å². The summed E-state index contributed by atoms with van der Waals surface area (Å²) in [5.41, 5.74) is 2.57. The molecule has 0 aromatic heterocycles. The van der Waals surface area contributed by atoms with Gasteiger partial charge in [0, 0.05) is 36.7 Å². The van der Waals surface area contributed by atoms with Gasteiger partial charge in [-0.1, -0.05) is 32.4 Å². The highest BCUT2D eigenvalue weighted by Gasteiger charge is 2.62. The molecule has 1 saturated heterocycles. The fourth-order valence-electron chi connectivity index (χ4n) is 10.3. The minimum absolute atomic E-state index is 0.0731. The summed E-state index contributed by atoms with van der Waals surface area (Å²) in [6, 6.07) is 0. The summed E-state index contributed by atoms with van der Waals surface area (Å²) >= 11 is 0. The number of likely N-dealkylation sites (tertiary alicyclic amines) is 1. The molecule has 3 saturated carbocycles. The predicted molar refractivity (Wildman–Crippen MR) is 149 cm³/mol. The molecule has 0 bridgehead atoms. The van der Waals surface area contributed by atoms with Gasteiger partial charge in [0.1, 0.15) is 0 Å². The van der Waals surface area contributed by atoms with Crippen LogP contribution in [-0.4, -0.2) is 36.9 Å². The summed E-state index contributed by atoms with van der Waals surface area (Å²) < 4.78 is 4.93. The summed E-state index contributed by atoms with van der Waals surface area (Å²) in [5.74, 6) is 3.66. The van der Waals surface area contributed by atoms with Gasteiger partial charge in [0.2, 0.25) is 0 Å². The van der Waals surface area contributed by atoms with Crippen LogP contribution in [0.5, 0.6) is 0 Å². The summed E-state index contributed by atoms with van der Waals surface area (Å²) in [6.45, 7) is 14.1. The van der Waals surface area contributed by atoms with E-state index in [0.717, 1.165) is 43.8 Å². The lowest BCUT2D eigenvalue weighted by atomic mass is 9.44. The molecule has 0 aromatic rings. The van der Waals surface area contributed by atoms with Gasteiger partial charge in [-0.05, 0) is 118 Å². The van der Waals surface area contributed by atoms with Crippen LogP contribution in [0.1, 0.15) is 105 Å². The number of esters is 1. The zero-order chi connectivity index (χ0) is 26.6. The zero-order valence-electron chi connectivity index (χ0n) is 24.4. The molecule has 4 nitrogen and oxygen atoms in total. The molecule has 0 N–H and O–H groups in total. The molecule has 37 heavy (non-hydrogen) atoms. The average Bonchev–Trinajstić information content (AvgIpc) is 3.23. The lowest BCUT2D eigenvalue weighted by molar-refractivity contribution is -0.141. The number of hydrogen-bond acceptors (Lipinski definition) is 4. The summed E-state index contributed by atoms with van der Waals surface area (Å²) in [7, 11) is 1.50. The van der Waals surface area contributed by atoms with Crippen LogP contribution in [-0.2, 0) is 14.3 Å². The number of ether oxygens (including phenoxy) is 1. The van der Waals surface area contributed by atoms with Crippen LogP contribution in [0.25, 0.3) is 0 Å². The number of methoxy groups -OCH3 is 1. The summed E-state index contributed by atoms with van der Waals surface area (Å²) in [4.78, 5) is 28.0. The van der Waals surface area contributed by atoms with Crippen LogP contribution in [0.4, 0.5) is 0 Å². The zero-order valence-corrected chi connectivity index (χ0v) is 24.4. The molecule has 0 unspecified atom stereocenters. The topological polar surface area (TPSA) is 46.6 Å². The van der Waals surface area contributed by atoms with Crippen molar-refractivity contribution in [3.63, 3.8) is 0 Å². The van der Waals surface area contributed by atoms with E-state index in [1.165, 1.54) is 57.6 Å². The lowest BCUT2D eigenvalue weighted by Crippen LogP contribution is -2.54. The number of carbonyl (C=O) groups is 2. The van der Waals surface area contributed by atoms with E-state index in [9.17, 15) is 9.59 Å². The van der Waals surface area contributed by atoms with Crippen LogP contribution in [0.3, 0.4) is 0 Å². The van der Waals surface area contributed by atoms with Gasteiger partial charge in [0.05, 0.1) is 7.11 Å². The van der Waals surface area contributed by atoms with Crippen molar-refractivity contribution in [2.45, 2.75) is 105 Å². The van der Waals surface area contributed by atoms with E-state index in [0.29, 0.717) is 41.3 Å². The van der Waals surface area contributed by atoms with Crippen molar-refractivity contribution in [1.29, 1.82) is 0 Å². The van der Waals surface area contributed by atoms with E-state index in [4.69, 9.17) is 4.74 Å². The number of piperidine rings is 1. The Morgan fingerprint density at radius 3 is 2.54 bits per heavy atom. The lowest BCUT2D eigenvalue weighted by Gasteiger charge is -2.60. The number of ketones is 1. The van der Waals surface area contributed by atoms with Crippen molar-refractivity contribution in [2.24, 2.45) is 45.8 Å². The Morgan fingerprint density at radius 1 is 1.11 bits per heavy atom. The van der Waals surface area contributed by atoms with E-state index >= 15 is 0 Å². The Labute approximate surface area is 225 Å². The van der Waals surface area contributed by atoms with Crippen LogP contribution < -0.4 is 0 Å². The molecule has 4 aliphatic carbocycles. The molecule has 1 aliphatic heterocycles. The number of fused-ring (bicyclic) bond motifs is 5. The van der Waals surface area contributed by atoms with E-state index in [2.05, 4.69) is 51.8 Å². The second-order valence-corrected chi connectivity index (χ2v) is 14.4. The first-order valence-electron chi connectivity index (χ1n) is 15.3. The van der Waals surface area contributed by atoms with Crippen LogP contribution in [0, 0.1) is 45.8 Å². The molecule has 1 heterocycles. The van der Waals surface area contributed by atoms with Gasteiger partial charge in [0.15, 0.2) is 5.78 Å². The molecule has 4 heteroatoms. The van der Waals surface area contributed by atoms with Crippen molar-refractivity contribution < 1.29 is 14.3 Å². The second kappa shape index (κ2) is 9.87. The van der Waals surface area contributed by atoms with Gasteiger partial charge >= 0.3 is 5.97 Å².